The van der Waals surface area contributed by atoms with Crippen molar-refractivity contribution in [2.45, 2.75) is 32.9 Å². The summed E-state index contributed by atoms with van der Waals surface area (Å²) in [5.41, 5.74) is -0.0170. The average Bonchev–Trinajstić information content (AvgIpc) is 2.31. The summed E-state index contributed by atoms with van der Waals surface area (Å²) in [7, 11) is 0. The van der Waals surface area contributed by atoms with Crippen LogP contribution in [0.4, 0.5) is 0 Å². The zero-order valence-corrected chi connectivity index (χ0v) is 7.03. The molecular weight excluding hydrogens is 140 g/mol. The Morgan fingerprint density at radius 2 is 2.18 bits per heavy atom. The maximum absolute atomic E-state index is 8.66. The molecule has 1 rings (SSSR count). The quantitative estimate of drug-likeness (QED) is 0.526. The van der Waals surface area contributed by atoms with Gasteiger partial charge in [0, 0.05) is 5.41 Å². The van der Waals surface area contributed by atoms with Crippen LogP contribution in [-0.2, 0) is 4.74 Å². The van der Waals surface area contributed by atoms with Crippen LogP contribution in [0, 0.1) is 16.7 Å². The molecule has 0 aromatic rings. The highest BCUT2D eigenvalue weighted by atomic mass is 16.5. The third-order valence-corrected chi connectivity index (χ3v) is 1.70. The molecule has 1 aliphatic heterocycles. The number of ether oxygens (including phenoxy) is 1. The lowest BCUT2D eigenvalue weighted by molar-refractivity contribution is 0.0940. The van der Waals surface area contributed by atoms with Crippen molar-refractivity contribution in [2.75, 3.05) is 0 Å². The molecule has 0 N–H and O–H groups in total. The van der Waals surface area contributed by atoms with Crippen molar-refractivity contribution >= 4 is 6.40 Å². The Kier molecular flexibility index (Phi) is 1.86. The van der Waals surface area contributed by atoms with Gasteiger partial charge in [-0.1, -0.05) is 20.8 Å². The van der Waals surface area contributed by atoms with E-state index in [-0.39, 0.29) is 17.6 Å². The summed E-state index contributed by atoms with van der Waals surface area (Å²) in [6.45, 7) is 6.12. The second-order valence-corrected chi connectivity index (χ2v) is 3.75. The van der Waals surface area contributed by atoms with Crippen LogP contribution >= 0.6 is 0 Å². The predicted molar refractivity (Wildman–Crippen MR) is 42.2 cm³/mol. The number of aliphatic imine (C=N–C) groups is 1. The molecular formula is C8H12N2O. The Hall–Kier alpha value is -1.04. The first-order valence-corrected chi connectivity index (χ1v) is 3.62. The highest BCUT2D eigenvalue weighted by Gasteiger charge is 2.36. The second kappa shape index (κ2) is 2.54. The predicted octanol–water partition coefficient (Wildman–Crippen LogP) is 1.35. The van der Waals surface area contributed by atoms with Crippen LogP contribution in [0.2, 0.25) is 0 Å². The van der Waals surface area contributed by atoms with Gasteiger partial charge in [0.15, 0.2) is 12.4 Å². The van der Waals surface area contributed by atoms with Crippen LogP contribution < -0.4 is 0 Å². The summed E-state index contributed by atoms with van der Waals surface area (Å²) < 4.78 is 5.21. The monoisotopic (exact) mass is 152 g/mol. The van der Waals surface area contributed by atoms with E-state index in [1.165, 1.54) is 6.40 Å². The Balaban J connectivity index is 2.71. The van der Waals surface area contributed by atoms with Gasteiger partial charge < -0.3 is 4.74 Å². The van der Waals surface area contributed by atoms with E-state index in [9.17, 15) is 0 Å². The summed E-state index contributed by atoms with van der Waals surface area (Å²) in [5.74, 6) is 0. The molecule has 1 heterocycles. The normalized spacial score (nSPS) is 29.6. The van der Waals surface area contributed by atoms with Crippen molar-refractivity contribution in [3.63, 3.8) is 0 Å². The summed E-state index contributed by atoms with van der Waals surface area (Å²) in [6.07, 6.45) is 1.29. The summed E-state index contributed by atoms with van der Waals surface area (Å²) in [6, 6.07) is 1.77. The topological polar surface area (TPSA) is 45.4 Å². The zero-order valence-electron chi connectivity index (χ0n) is 7.03. The lowest BCUT2D eigenvalue weighted by Crippen LogP contribution is -2.34. The van der Waals surface area contributed by atoms with E-state index >= 15 is 0 Å². The van der Waals surface area contributed by atoms with Gasteiger partial charge in [-0.2, -0.15) is 5.26 Å². The van der Waals surface area contributed by atoms with Crippen LogP contribution in [0.25, 0.3) is 0 Å². The second-order valence-electron chi connectivity index (χ2n) is 3.75. The van der Waals surface area contributed by atoms with Gasteiger partial charge in [0.05, 0.1) is 6.07 Å². The minimum atomic E-state index is -0.324. The Bertz CT molecular complexity index is 209. The molecule has 11 heavy (non-hydrogen) atoms. The molecule has 2 unspecified atom stereocenters. The first-order chi connectivity index (χ1) is 5.05. The Labute approximate surface area is 66.7 Å². The van der Waals surface area contributed by atoms with Gasteiger partial charge in [0.1, 0.15) is 6.10 Å². The smallest absolute Gasteiger partial charge is 0.176 e. The van der Waals surface area contributed by atoms with Gasteiger partial charge in [0.2, 0.25) is 0 Å². The van der Waals surface area contributed by atoms with E-state index in [1.807, 2.05) is 20.8 Å². The third-order valence-electron chi connectivity index (χ3n) is 1.70. The van der Waals surface area contributed by atoms with Crippen LogP contribution in [-0.4, -0.2) is 18.5 Å². The number of nitrogens with zero attached hydrogens (tertiary/aromatic N) is 2. The molecule has 0 radical (unpaired) electrons. The highest BCUT2D eigenvalue weighted by molar-refractivity contribution is 5.51. The third kappa shape index (κ3) is 1.51. The molecule has 0 aromatic heterocycles. The van der Waals surface area contributed by atoms with Crippen LogP contribution in [0.1, 0.15) is 20.8 Å². The van der Waals surface area contributed by atoms with Crippen LogP contribution in [0.15, 0.2) is 4.99 Å². The zero-order chi connectivity index (χ0) is 8.48. The number of rotatable bonds is 0. The molecule has 2 atom stereocenters. The SMILES string of the molecule is CC(C)(C)C1OC=NC1C#N. The average molecular weight is 152 g/mol. The lowest BCUT2D eigenvalue weighted by atomic mass is 9.85. The van der Waals surface area contributed by atoms with Crippen molar-refractivity contribution in [3.05, 3.63) is 0 Å². The van der Waals surface area contributed by atoms with Gasteiger partial charge in [-0.05, 0) is 0 Å². The van der Waals surface area contributed by atoms with Gasteiger partial charge in [0.25, 0.3) is 0 Å². The van der Waals surface area contributed by atoms with Crippen molar-refractivity contribution in [1.29, 1.82) is 5.26 Å². The maximum Gasteiger partial charge on any atom is 0.176 e. The van der Waals surface area contributed by atoms with E-state index in [0.717, 1.165) is 0 Å². The fourth-order valence-corrected chi connectivity index (χ4v) is 1.10. The van der Waals surface area contributed by atoms with Gasteiger partial charge in [-0.15, -0.1) is 0 Å². The van der Waals surface area contributed by atoms with Crippen LogP contribution in [0.5, 0.6) is 0 Å². The standard InChI is InChI=1S/C8H12N2O/c1-8(2,3)7-6(4-9)10-5-11-7/h5-7H,1-3H3. The molecule has 3 nitrogen and oxygen atoms in total. The number of nitriles is 1. The molecule has 0 bridgehead atoms. The van der Waals surface area contributed by atoms with E-state index in [2.05, 4.69) is 11.1 Å². The maximum atomic E-state index is 8.66. The molecule has 60 valence electrons. The molecule has 0 aliphatic carbocycles. The summed E-state index contributed by atoms with van der Waals surface area (Å²) in [5, 5.41) is 8.66. The van der Waals surface area contributed by atoms with Crippen molar-refractivity contribution in [3.8, 4) is 6.07 Å². The van der Waals surface area contributed by atoms with Gasteiger partial charge in [-0.3, -0.25) is 0 Å². The highest BCUT2D eigenvalue weighted by Crippen LogP contribution is 2.28. The Morgan fingerprint density at radius 1 is 1.55 bits per heavy atom. The molecule has 0 saturated heterocycles. The minimum absolute atomic E-state index is 0.0170. The molecule has 0 amide bonds. The molecule has 0 aromatic carbocycles. The first kappa shape index (κ1) is 8.06. The fourth-order valence-electron chi connectivity index (χ4n) is 1.10. The van der Waals surface area contributed by atoms with Gasteiger partial charge >= 0.3 is 0 Å². The molecule has 3 heteroatoms. The largest absolute Gasteiger partial charge is 0.476 e. The summed E-state index contributed by atoms with van der Waals surface area (Å²) >= 11 is 0. The van der Waals surface area contributed by atoms with Crippen LogP contribution in [0.3, 0.4) is 0 Å². The van der Waals surface area contributed by atoms with Gasteiger partial charge in [-0.25, -0.2) is 4.99 Å². The number of hydrogen-bond donors (Lipinski definition) is 0. The molecule has 0 saturated carbocycles. The van der Waals surface area contributed by atoms with E-state index in [4.69, 9.17) is 10.00 Å². The first-order valence-electron chi connectivity index (χ1n) is 3.62. The lowest BCUT2D eigenvalue weighted by Gasteiger charge is -2.26. The van der Waals surface area contributed by atoms with E-state index in [0.29, 0.717) is 0 Å². The summed E-state index contributed by atoms with van der Waals surface area (Å²) in [4.78, 5) is 3.89. The van der Waals surface area contributed by atoms with Crippen molar-refractivity contribution in [2.24, 2.45) is 10.4 Å². The van der Waals surface area contributed by atoms with E-state index in [1.54, 1.807) is 0 Å². The molecule has 1 aliphatic rings. The van der Waals surface area contributed by atoms with Crippen molar-refractivity contribution < 1.29 is 4.74 Å². The molecule has 0 spiro atoms. The fraction of sp³-hybridized carbons (Fsp3) is 0.750. The number of hydrogen-bond acceptors (Lipinski definition) is 3. The Morgan fingerprint density at radius 3 is 2.55 bits per heavy atom. The minimum Gasteiger partial charge on any atom is -0.476 e. The molecule has 0 fully saturated rings. The van der Waals surface area contributed by atoms with E-state index < -0.39 is 0 Å². The van der Waals surface area contributed by atoms with Crippen molar-refractivity contribution in [1.82, 2.24) is 0 Å².